The molecule has 0 saturated carbocycles. The van der Waals surface area contributed by atoms with Crippen molar-refractivity contribution >= 4 is 11.7 Å². The number of aromatic nitrogens is 2. The molecule has 2 aromatic rings. The minimum atomic E-state index is -0.493. The fraction of sp³-hybridized carbons (Fsp3) is 0.333. The fourth-order valence-corrected chi connectivity index (χ4v) is 2.85. The third-order valence-corrected chi connectivity index (χ3v) is 3.64. The lowest BCUT2D eigenvalue weighted by Gasteiger charge is -2.26. The van der Waals surface area contributed by atoms with Gasteiger partial charge in [-0.3, -0.25) is 4.79 Å². The van der Waals surface area contributed by atoms with E-state index in [0.29, 0.717) is 5.69 Å². The first-order valence-corrected chi connectivity index (χ1v) is 6.76. The Bertz CT molecular complexity index is 654. The van der Waals surface area contributed by atoms with Crippen molar-refractivity contribution in [1.29, 1.82) is 0 Å². The van der Waals surface area contributed by atoms with Crippen LogP contribution in [-0.2, 0) is 0 Å². The van der Waals surface area contributed by atoms with Crippen molar-refractivity contribution in [3.05, 3.63) is 46.6 Å². The Hall–Kier alpha value is -2.30. The monoisotopic (exact) mass is 270 g/mol. The van der Waals surface area contributed by atoms with Crippen molar-refractivity contribution in [3.8, 4) is 0 Å². The standard InChI is InChI=1S/C15H18N4O/c1-9-5-10(2)7-11(6-9)13-3-4-17-14-8-12(15(16)20)18-19(13)14/h5-8,13,17H,3-4H2,1-2H3,(H2,16,20). The summed E-state index contributed by atoms with van der Waals surface area (Å²) in [5.74, 6) is 0.363. The van der Waals surface area contributed by atoms with E-state index in [9.17, 15) is 4.79 Å². The molecule has 1 amide bonds. The molecule has 0 aliphatic carbocycles. The molecule has 2 heterocycles. The Kier molecular flexibility index (Phi) is 2.97. The number of aryl methyl sites for hydroxylation is 2. The molecule has 1 aliphatic rings. The summed E-state index contributed by atoms with van der Waals surface area (Å²) in [5, 5.41) is 7.61. The van der Waals surface area contributed by atoms with Crippen LogP contribution in [0.5, 0.6) is 0 Å². The van der Waals surface area contributed by atoms with E-state index < -0.39 is 5.91 Å². The van der Waals surface area contributed by atoms with Gasteiger partial charge in [-0.15, -0.1) is 0 Å². The third kappa shape index (κ3) is 2.15. The Labute approximate surface area is 117 Å². The number of carbonyl (C=O) groups excluding carboxylic acids is 1. The topological polar surface area (TPSA) is 72.9 Å². The highest BCUT2D eigenvalue weighted by molar-refractivity contribution is 5.91. The maximum Gasteiger partial charge on any atom is 0.269 e. The Balaban J connectivity index is 2.06. The van der Waals surface area contributed by atoms with E-state index in [4.69, 9.17) is 5.73 Å². The van der Waals surface area contributed by atoms with Crippen LogP contribution >= 0.6 is 0 Å². The van der Waals surface area contributed by atoms with Crippen LogP contribution in [0.2, 0.25) is 0 Å². The Morgan fingerprint density at radius 3 is 2.65 bits per heavy atom. The Morgan fingerprint density at radius 2 is 2.00 bits per heavy atom. The summed E-state index contributed by atoms with van der Waals surface area (Å²) in [5.41, 5.74) is 9.33. The molecule has 104 valence electrons. The van der Waals surface area contributed by atoms with Gasteiger partial charge in [0.2, 0.25) is 0 Å². The molecule has 1 aromatic heterocycles. The molecule has 5 nitrogen and oxygen atoms in total. The molecule has 20 heavy (non-hydrogen) atoms. The first-order chi connectivity index (χ1) is 9.54. The van der Waals surface area contributed by atoms with Gasteiger partial charge in [0.05, 0.1) is 6.04 Å². The molecular weight excluding hydrogens is 252 g/mol. The number of nitrogens with two attached hydrogens (primary N) is 1. The molecule has 3 rings (SSSR count). The summed E-state index contributed by atoms with van der Waals surface area (Å²) in [6.45, 7) is 5.05. The number of hydrogen-bond donors (Lipinski definition) is 2. The molecule has 0 spiro atoms. The molecule has 5 heteroatoms. The predicted octanol–water partition coefficient (Wildman–Crippen LogP) is 2.00. The lowest BCUT2D eigenvalue weighted by molar-refractivity contribution is 0.0994. The molecule has 1 unspecified atom stereocenters. The molecule has 0 bridgehead atoms. The molecular formula is C15H18N4O. The SMILES string of the molecule is Cc1cc(C)cc(C2CCNc3cc(C(N)=O)nn32)c1. The Morgan fingerprint density at radius 1 is 1.30 bits per heavy atom. The van der Waals surface area contributed by atoms with Crippen molar-refractivity contribution in [2.24, 2.45) is 5.73 Å². The normalized spacial score (nSPS) is 17.4. The number of nitrogens with zero attached hydrogens (tertiary/aromatic N) is 2. The predicted molar refractivity (Wildman–Crippen MR) is 77.9 cm³/mol. The van der Waals surface area contributed by atoms with Gasteiger partial charge >= 0.3 is 0 Å². The second-order valence-electron chi connectivity index (χ2n) is 5.38. The summed E-state index contributed by atoms with van der Waals surface area (Å²) in [6.07, 6.45) is 0.940. The second-order valence-corrected chi connectivity index (χ2v) is 5.38. The number of anilines is 1. The highest BCUT2D eigenvalue weighted by Gasteiger charge is 2.24. The van der Waals surface area contributed by atoms with Crippen LogP contribution in [0.4, 0.5) is 5.82 Å². The lowest BCUT2D eigenvalue weighted by Crippen LogP contribution is -2.24. The van der Waals surface area contributed by atoms with Crippen molar-refractivity contribution in [3.63, 3.8) is 0 Å². The van der Waals surface area contributed by atoms with Gasteiger partial charge in [0.1, 0.15) is 5.82 Å². The van der Waals surface area contributed by atoms with E-state index in [1.165, 1.54) is 16.7 Å². The average molecular weight is 270 g/mol. The van der Waals surface area contributed by atoms with Gasteiger partial charge in [-0.1, -0.05) is 29.3 Å². The number of amides is 1. The molecule has 1 aliphatic heterocycles. The number of carbonyl (C=O) groups is 1. The van der Waals surface area contributed by atoms with Crippen LogP contribution in [0.1, 0.15) is 39.6 Å². The largest absolute Gasteiger partial charge is 0.370 e. The minimum absolute atomic E-state index is 0.151. The van der Waals surface area contributed by atoms with Gasteiger partial charge in [0, 0.05) is 12.6 Å². The van der Waals surface area contributed by atoms with Crippen molar-refractivity contribution < 1.29 is 4.79 Å². The van der Waals surface area contributed by atoms with E-state index >= 15 is 0 Å². The van der Waals surface area contributed by atoms with Gasteiger partial charge in [-0.2, -0.15) is 5.10 Å². The molecule has 0 saturated heterocycles. The van der Waals surface area contributed by atoms with E-state index in [2.05, 4.69) is 42.5 Å². The van der Waals surface area contributed by atoms with E-state index in [0.717, 1.165) is 18.8 Å². The smallest absolute Gasteiger partial charge is 0.269 e. The van der Waals surface area contributed by atoms with Crippen molar-refractivity contribution in [1.82, 2.24) is 9.78 Å². The quantitative estimate of drug-likeness (QED) is 0.876. The number of hydrogen-bond acceptors (Lipinski definition) is 3. The summed E-state index contributed by atoms with van der Waals surface area (Å²) >= 11 is 0. The summed E-state index contributed by atoms with van der Waals surface area (Å²) in [6, 6.07) is 8.38. The summed E-state index contributed by atoms with van der Waals surface area (Å²) in [4.78, 5) is 11.3. The average Bonchev–Trinajstić information content (AvgIpc) is 2.81. The highest BCUT2D eigenvalue weighted by Crippen LogP contribution is 2.30. The van der Waals surface area contributed by atoms with Crippen LogP contribution < -0.4 is 11.1 Å². The number of fused-ring (bicyclic) bond motifs is 1. The first-order valence-electron chi connectivity index (χ1n) is 6.76. The zero-order valence-corrected chi connectivity index (χ0v) is 11.7. The first kappa shape index (κ1) is 12.7. The zero-order chi connectivity index (χ0) is 14.3. The van der Waals surface area contributed by atoms with Crippen LogP contribution in [0.3, 0.4) is 0 Å². The number of nitrogens with one attached hydrogen (secondary N) is 1. The maximum absolute atomic E-state index is 11.3. The lowest BCUT2D eigenvalue weighted by atomic mass is 9.98. The summed E-state index contributed by atoms with van der Waals surface area (Å²) < 4.78 is 1.87. The van der Waals surface area contributed by atoms with E-state index in [1.807, 2.05) is 4.68 Å². The van der Waals surface area contributed by atoms with Gasteiger partial charge in [-0.05, 0) is 25.8 Å². The molecule has 0 radical (unpaired) electrons. The van der Waals surface area contributed by atoms with E-state index in [-0.39, 0.29) is 6.04 Å². The van der Waals surface area contributed by atoms with Gasteiger partial charge in [0.15, 0.2) is 5.69 Å². The number of primary amides is 1. The number of benzene rings is 1. The molecule has 0 fully saturated rings. The van der Waals surface area contributed by atoms with Crippen molar-refractivity contribution in [2.45, 2.75) is 26.3 Å². The van der Waals surface area contributed by atoms with E-state index in [1.54, 1.807) is 6.07 Å². The molecule has 1 atom stereocenters. The van der Waals surface area contributed by atoms with Crippen LogP contribution in [0.25, 0.3) is 0 Å². The number of rotatable bonds is 2. The van der Waals surface area contributed by atoms with Crippen LogP contribution in [0.15, 0.2) is 24.3 Å². The van der Waals surface area contributed by atoms with Gasteiger partial charge in [0.25, 0.3) is 5.91 Å². The minimum Gasteiger partial charge on any atom is -0.370 e. The third-order valence-electron chi connectivity index (χ3n) is 3.64. The molecule has 1 aromatic carbocycles. The molecule has 3 N–H and O–H groups in total. The van der Waals surface area contributed by atoms with Gasteiger partial charge < -0.3 is 11.1 Å². The van der Waals surface area contributed by atoms with Gasteiger partial charge in [-0.25, -0.2) is 4.68 Å². The van der Waals surface area contributed by atoms with Crippen LogP contribution in [-0.4, -0.2) is 22.2 Å². The summed E-state index contributed by atoms with van der Waals surface area (Å²) in [7, 11) is 0. The van der Waals surface area contributed by atoms with Crippen LogP contribution in [0, 0.1) is 13.8 Å². The second kappa shape index (κ2) is 4.67. The highest BCUT2D eigenvalue weighted by atomic mass is 16.1. The zero-order valence-electron chi connectivity index (χ0n) is 11.7. The maximum atomic E-state index is 11.3. The fourth-order valence-electron chi connectivity index (χ4n) is 2.85. The van der Waals surface area contributed by atoms with Crippen molar-refractivity contribution in [2.75, 3.05) is 11.9 Å².